The lowest BCUT2D eigenvalue weighted by atomic mass is 10.0. The predicted octanol–water partition coefficient (Wildman–Crippen LogP) is 7.29. The highest BCUT2D eigenvalue weighted by atomic mass is 79.9. The molecular formula is C24H16BrN. The van der Waals surface area contributed by atoms with Crippen molar-refractivity contribution in [3.8, 4) is 22.3 Å². The van der Waals surface area contributed by atoms with Gasteiger partial charge in [0.1, 0.15) is 0 Å². The molecule has 0 aliphatic carbocycles. The lowest BCUT2D eigenvalue weighted by molar-refractivity contribution is 1.46. The maximum Gasteiger partial charge on any atom is 0.0605 e. The highest BCUT2D eigenvalue weighted by Gasteiger charge is 2.11. The standard InChI is InChI=1S/C24H16BrN/c25-26-23-13-11-19(17-7-3-1-4-8-17)15-21(23)22-16-20(12-14-24(22)26)18-9-5-2-6-10-18/h1-16H. The van der Waals surface area contributed by atoms with Crippen LogP contribution in [0.15, 0.2) is 97.1 Å². The zero-order valence-electron chi connectivity index (χ0n) is 14.1. The maximum absolute atomic E-state index is 3.73. The highest BCUT2D eigenvalue weighted by molar-refractivity contribution is 9.08. The van der Waals surface area contributed by atoms with Crippen LogP contribution in [0.4, 0.5) is 0 Å². The Balaban J connectivity index is 1.78. The van der Waals surface area contributed by atoms with Gasteiger partial charge in [-0.05, 0) is 46.5 Å². The topological polar surface area (TPSA) is 4.93 Å². The van der Waals surface area contributed by atoms with Gasteiger partial charge in [0.25, 0.3) is 0 Å². The number of fused-ring (bicyclic) bond motifs is 3. The van der Waals surface area contributed by atoms with Crippen LogP contribution in [0.1, 0.15) is 0 Å². The Morgan fingerprint density at radius 3 is 1.31 bits per heavy atom. The fourth-order valence-electron chi connectivity index (χ4n) is 3.60. The molecule has 0 fully saturated rings. The van der Waals surface area contributed by atoms with E-state index in [1.165, 1.54) is 44.1 Å². The second-order valence-corrected chi connectivity index (χ2v) is 7.19. The van der Waals surface area contributed by atoms with Crippen molar-refractivity contribution in [2.75, 3.05) is 0 Å². The molecule has 5 aromatic rings. The van der Waals surface area contributed by atoms with E-state index in [1.807, 2.05) is 0 Å². The smallest absolute Gasteiger partial charge is 0.0605 e. The molecule has 4 aromatic carbocycles. The summed E-state index contributed by atoms with van der Waals surface area (Å²) in [5, 5.41) is 2.52. The largest absolute Gasteiger partial charge is 0.276 e. The molecule has 2 heteroatoms. The molecule has 26 heavy (non-hydrogen) atoms. The minimum Gasteiger partial charge on any atom is -0.276 e. The third kappa shape index (κ3) is 2.46. The number of rotatable bonds is 2. The molecule has 0 unspecified atom stereocenters. The quantitative estimate of drug-likeness (QED) is 0.294. The van der Waals surface area contributed by atoms with Gasteiger partial charge < -0.3 is 0 Å². The first-order chi connectivity index (χ1) is 12.8. The molecule has 0 atom stereocenters. The Bertz CT molecular complexity index is 1120. The van der Waals surface area contributed by atoms with Crippen molar-refractivity contribution in [1.29, 1.82) is 0 Å². The molecular weight excluding hydrogens is 382 g/mol. The molecule has 1 heterocycles. The molecule has 124 valence electrons. The van der Waals surface area contributed by atoms with Crippen LogP contribution < -0.4 is 0 Å². The van der Waals surface area contributed by atoms with Crippen LogP contribution in [-0.4, -0.2) is 3.59 Å². The van der Waals surface area contributed by atoms with Crippen LogP contribution in [0, 0.1) is 0 Å². The summed E-state index contributed by atoms with van der Waals surface area (Å²) >= 11 is 3.73. The first kappa shape index (κ1) is 15.4. The normalized spacial score (nSPS) is 11.3. The van der Waals surface area contributed by atoms with Gasteiger partial charge in [0.15, 0.2) is 0 Å². The Kier molecular flexibility index (Phi) is 3.65. The van der Waals surface area contributed by atoms with Crippen molar-refractivity contribution in [3.05, 3.63) is 97.1 Å². The Morgan fingerprint density at radius 1 is 0.462 bits per heavy atom. The summed E-state index contributed by atoms with van der Waals surface area (Å²) in [5.74, 6) is 0. The predicted molar refractivity (Wildman–Crippen MR) is 115 cm³/mol. The van der Waals surface area contributed by atoms with Gasteiger partial charge in [-0.1, -0.05) is 72.8 Å². The average molecular weight is 398 g/mol. The van der Waals surface area contributed by atoms with Gasteiger partial charge in [-0.2, -0.15) is 0 Å². The van der Waals surface area contributed by atoms with Gasteiger partial charge in [-0.15, -0.1) is 0 Å². The third-order valence-electron chi connectivity index (χ3n) is 4.92. The van der Waals surface area contributed by atoms with E-state index >= 15 is 0 Å². The van der Waals surface area contributed by atoms with E-state index in [-0.39, 0.29) is 0 Å². The summed E-state index contributed by atoms with van der Waals surface area (Å²) < 4.78 is 2.10. The van der Waals surface area contributed by atoms with Crippen molar-refractivity contribution in [3.63, 3.8) is 0 Å². The van der Waals surface area contributed by atoms with Crippen molar-refractivity contribution in [1.82, 2.24) is 3.59 Å². The molecule has 0 bridgehead atoms. The number of halogens is 1. The summed E-state index contributed by atoms with van der Waals surface area (Å²) in [5.41, 5.74) is 7.33. The first-order valence-corrected chi connectivity index (χ1v) is 9.37. The second-order valence-electron chi connectivity index (χ2n) is 6.48. The van der Waals surface area contributed by atoms with Gasteiger partial charge in [0.05, 0.1) is 27.2 Å². The molecule has 5 rings (SSSR count). The summed E-state index contributed by atoms with van der Waals surface area (Å²) in [6.07, 6.45) is 0. The zero-order chi connectivity index (χ0) is 17.5. The van der Waals surface area contributed by atoms with E-state index in [4.69, 9.17) is 0 Å². The third-order valence-corrected chi connectivity index (χ3v) is 5.68. The number of hydrogen-bond donors (Lipinski definition) is 0. The van der Waals surface area contributed by atoms with Crippen LogP contribution in [0.5, 0.6) is 0 Å². The van der Waals surface area contributed by atoms with E-state index in [2.05, 4.69) is 117 Å². The van der Waals surface area contributed by atoms with Gasteiger partial charge in [-0.25, -0.2) is 0 Å². The molecule has 0 radical (unpaired) electrons. The first-order valence-electron chi connectivity index (χ1n) is 8.66. The summed E-state index contributed by atoms with van der Waals surface area (Å²) in [7, 11) is 0. The summed E-state index contributed by atoms with van der Waals surface area (Å²) in [6, 6.07) is 34.4. The molecule has 0 spiro atoms. The lowest BCUT2D eigenvalue weighted by Gasteiger charge is -2.03. The van der Waals surface area contributed by atoms with Crippen LogP contribution in [0.3, 0.4) is 0 Å². The Morgan fingerprint density at radius 2 is 0.885 bits per heavy atom. The highest BCUT2D eigenvalue weighted by Crippen LogP contribution is 2.36. The van der Waals surface area contributed by atoms with E-state index in [0.29, 0.717) is 0 Å². The van der Waals surface area contributed by atoms with Crippen molar-refractivity contribution < 1.29 is 0 Å². The average Bonchev–Trinajstić information content (AvgIpc) is 3.01. The maximum atomic E-state index is 3.73. The van der Waals surface area contributed by atoms with Crippen LogP contribution in [0.2, 0.25) is 0 Å². The van der Waals surface area contributed by atoms with E-state index in [9.17, 15) is 0 Å². The number of benzene rings is 4. The Hall–Kier alpha value is -2.84. The van der Waals surface area contributed by atoms with Gasteiger partial charge in [0, 0.05) is 10.8 Å². The molecule has 0 N–H and O–H groups in total. The zero-order valence-corrected chi connectivity index (χ0v) is 15.6. The monoisotopic (exact) mass is 397 g/mol. The summed E-state index contributed by atoms with van der Waals surface area (Å²) in [4.78, 5) is 0. The minimum absolute atomic E-state index is 1.19. The van der Waals surface area contributed by atoms with Gasteiger partial charge in [-0.3, -0.25) is 3.59 Å². The van der Waals surface area contributed by atoms with Crippen LogP contribution >= 0.6 is 16.1 Å². The molecule has 0 aliphatic rings. The molecule has 1 nitrogen and oxygen atoms in total. The molecule has 1 aromatic heterocycles. The fourth-order valence-corrected chi connectivity index (χ4v) is 4.21. The van der Waals surface area contributed by atoms with Crippen molar-refractivity contribution >= 4 is 38.0 Å². The second kappa shape index (κ2) is 6.15. The number of hydrogen-bond acceptors (Lipinski definition) is 0. The van der Waals surface area contributed by atoms with Crippen LogP contribution in [0.25, 0.3) is 44.1 Å². The number of aromatic nitrogens is 1. The van der Waals surface area contributed by atoms with E-state index in [1.54, 1.807) is 0 Å². The van der Waals surface area contributed by atoms with Crippen molar-refractivity contribution in [2.45, 2.75) is 0 Å². The van der Waals surface area contributed by atoms with Crippen molar-refractivity contribution in [2.24, 2.45) is 0 Å². The molecule has 0 saturated carbocycles. The van der Waals surface area contributed by atoms with E-state index < -0.39 is 0 Å². The lowest BCUT2D eigenvalue weighted by Crippen LogP contribution is -1.80. The summed E-state index contributed by atoms with van der Waals surface area (Å²) in [6.45, 7) is 0. The van der Waals surface area contributed by atoms with Gasteiger partial charge >= 0.3 is 0 Å². The fraction of sp³-hybridized carbons (Fsp3) is 0. The van der Waals surface area contributed by atoms with Crippen LogP contribution in [-0.2, 0) is 0 Å². The Labute approximate surface area is 160 Å². The SMILES string of the molecule is Brn1c2ccc(-c3ccccc3)cc2c2cc(-c3ccccc3)ccc21. The number of nitrogens with zero attached hydrogens (tertiary/aromatic N) is 1. The molecule has 0 saturated heterocycles. The molecule has 0 aliphatic heterocycles. The molecule has 0 amide bonds. The van der Waals surface area contributed by atoms with E-state index in [0.717, 1.165) is 0 Å². The van der Waals surface area contributed by atoms with Gasteiger partial charge in [0.2, 0.25) is 0 Å². The minimum atomic E-state index is 1.19.